The second-order valence-corrected chi connectivity index (χ2v) is 5.49. The summed E-state index contributed by atoms with van der Waals surface area (Å²) in [5.41, 5.74) is 2.67. The van der Waals surface area contributed by atoms with Crippen LogP contribution in [0, 0.1) is 0 Å². The maximum absolute atomic E-state index is 5.87. The Morgan fingerprint density at radius 3 is 2.95 bits per heavy atom. The molecule has 0 radical (unpaired) electrons. The van der Waals surface area contributed by atoms with E-state index in [1.54, 1.807) is 0 Å². The molecule has 0 saturated carbocycles. The molecule has 0 spiro atoms. The Morgan fingerprint density at radius 2 is 2.21 bits per heavy atom. The molecule has 106 valence electrons. The molecular weight excluding hydrogens is 236 g/mol. The van der Waals surface area contributed by atoms with Gasteiger partial charge in [0, 0.05) is 18.0 Å². The third-order valence-corrected chi connectivity index (χ3v) is 3.71. The summed E-state index contributed by atoms with van der Waals surface area (Å²) in [6.07, 6.45) is 3.30. The first-order valence-corrected chi connectivity index (χ1v) is 7.35. The molecule has 1 atom stereocenters. The summed E-state index contributed by atoms with van der Waals surface area (Å²) in [5, 5.41) is 3.68. The molecule has 19 heavy (non-hydrogen) atoms. The molecule has 0 aliphatic carbocycles. The van der Waals surface area contributed by atoms with Crippen LogP contribution in [0.25, 0.3) is 0 Å². The fraction of sp³-hybridized carbons (Fsp3) is 0.625. The molecule has 0 bridgehead atoms. The van der Waals surface area contributed by atoms with Crippen molar-refractivity contribution in [2.75, 3.05) is 33.8 Å². The number of ether oxygens (including phenoxy) is 1. The van der Waals surface area contributed by atoms with Crippen molar-refractivity contribution in [3.63, 3.8) is 0 Å². The molecule has 3 heteroatoms. The van der Waals surface area contributed by atoms with Gasteiger partial charge in [-0.3, -0.25) is 0 Å². The lowest BCUT2D eigenvalue weighted by Crippen LogP contribution is -2.29. The van der Waals surface area contributed by atoms with Crippen LogP contribution in [0.15, 0.2) is 18.2 Å². The van der Waals surface area contributed by atoms with Gasteiger partial charge in [0.05, 0.1) is 6.61 Å². The molecule has 1 N–H and O–H groups in total. The van der Waals surface area contributed by atoms with Crippen LogP contribution in [0.2, 0.25) is 0 Å². The predicted molar refractivity (Wildman–Crippen MR) is 79.8 cm³/mol. The molecule has 3 nitrogen and oxygen atoms in total. The second kappa shape index (κ2) is 6.92. The Morgan fingerprint density at radius 1 is 1.37 bits per heavy atom. The first-order chi connectivity index (χ1) is 9.22. The van der Waals surface area contributed by atoms with Crippen molar-refractivity contribution in [3.8, 4) is 5.75 Å². The number of para-hydroxylation sites is 1. The molecule has 1 aliphatic rings. The lowest BCUT2D eigenvalue weighted by atomic mass is 9.96. The topological polar surface area (TPSA) is 24.5 Å². The molecule has 0 aromatic heterocycles. The van der Waals surface area contributed by atoms with Crippen molar-refractivity contribution >= 4 is 0 Å². The molecular formula is C16H26N2O. The van der Waals surface area contributed by atoms with E-state index in [0.717, 1.165) is 38.3 Å². The summed E-state index contributed by atoms with van der Waals surface area (Å²) in [7, 11) is 4.24. The highest BCUT2D eigenvalue weighted by atomic mass is 16.5. The summed E-state index contributed by atoms with van der Waals surface area (Å²) in [4.78, 5) is 2.23. The van der Waals surface area contributed by atoms with E-state index in [-0.39, 0.29) is 0 Å². The zero-order valence-corrected chi connectivity index (χ0v) is 12.4. The highest BCUT2D eigenvalue weighted by molar-refractivity contribution is 5.44. The number of hydrogen-bond donors (Lipinski definition) is 1. The Labute approximate surface area is 116 Å². The highest BCUT2D eigenvalue weighted by Gasteiger charge is 2.22. The fourth-order valence-corrected chi connectivity index (χ4v) is 2.65. The Balaban J connectivity index is 1.98. The van der Waals surface area contributed by atoms with E-state index in [1.807, 2.05) is 0 Å². The molecule has 0 fully saturated rings. The van der Waals surface area contributed by atoms with Gasteiger partial charge in [0.25, 0.3) is 0 Å². The van der Waals surface area contributed by atoms with Crippen LogP contribution in [0.1, 0.15) is 36.9 Å². The average Bonchev–Trinajstić information content (AvgIpc) is 2.42. The molecule has 0 saturated heterocycles. The number of fused-ring (bicyclic) bond motifs is 1. The standard InChI is InChI=1S/C16H26N2O/c1-4-13-7-5-8-14-15(9-12-19-16(13)14)17-10-6-11-18(2)3/h5,7-8,15,17H,4,6,9-12H2,1-3H3. The van der Waals surface area contributed by atoms with Gasteiger partial charge >= 0.3 is 0 Å². The highest BCUT2D eigenvalue weighted by Crippen LogP contribution is 2.35. The van der Waals surface area contributed by atoms with E-state index in [1.165, 1.54) is 17.5 Å². The van der Waals surface area contributed by atoms with Gasteiger partial charge in [-0.1, -0.05) is 25.1 Å². The SMILES string of the molecule is CCc1cccc2c1OCCC2NCCCN(C)C. The summed E-state index contributed by atoms with van der Waals surface area (Å²) in [6, 6.07) is 6.99. The minimum absolute atomic E-state index is 0.456. The van der Waals surface area contributed by atoms with Gasteiger partial charge in [-0.15, -0.1) is 0 Å². The maximum atomic E-state index is 5.87. The molecule has 2 rings (SSSR count). The van der Waals surface area contributed by atoms with Crippen molar-refractivity contribution in [1.82, 2.24) is 10.2 Å². The summed E-state index contributed by atoms with van der Waals surface area (Å²) >= 11 is 0. The summed E-state index contributed by atoms with van der Waals surface area (Å²) < 4.78 is 5.87. The third kappa shape index (κ3) is 3.71. The molecule has 0 amide bonds. The number of hydrogen-bond acceptors (Lipinski definition) is 3. The van der Waals surface area contributed by atoms with Crippen LogP contribution in [-0.4, -0.2) is 38.7 Å². The van der Waals surface area contributed by atoms with Crippen LogP contribution in [-0.2, 0) is 6.42 Å². The number of nitrogens with one attached hydrogen (secondary N) is 1. The molecule has 1 aromatic rings. The minimum Gasteiger partial charge on any atom is -0.493 e. The van der Waals surface area contributed by atoms with Crippen LogP contribution >= 0.6 is 0 Å². The first kappa shape index (κ1) is 14.4. The van der Waals surface area contributed by atoms with Gasteiger partial charge in [-0.25, -0.2) is 0 Å². The van der Waals surface area contributed by atoms with E-state index in [2.05, 4.69) is 49.4 Å². The van der Waals surface area contributed by atoms with Gasteiger partial charge in [0.1, 0.15) is 5.75 Å². The van der Waals surface area contributed by atoms with Crippen LogP contribution < -0.4 is 10.1 Å². The van der Waals surface area contributed by atoms with E-state index >= 15 is 0 Å². The van der Waals surface area contributed by atoms with Gasteiger partial charge in [-0.05, 0) is 45.6 Å². The zero-order valence-electron chi connectivity index (χ0n) is 12.4. The number of nitrogens with zero attached hydrogens (tertiary/aromatic N) is 1. The van der Waals surface area contributed by atoms with Crippen LogP contribution in [0.4, 0.5) is 0 Å². The maximum Gasteiger partial charge on any atom is 0.127 e. The lowest BCUT2D eigenvalue weighted by molar-refractivity contribution is 0.249. The first-order valence-electron chi connectivity index (χ1n) is 7.35. The molecule has 1 heterocycles. The Bertz CT molecular complexity index is 404. The Hall–Kier alpha value is -1.06. The number of benzene rings is 1. The van der Waals surface area contributed by atoms with E-state index in [4.69, 9.17) is 4.74 Å². The largest absolute Gasteiger partial charge is 0.493 e. The van der Waals surface area contributed by atoms with E-state index < -0.39 is 0 Å². The zero-order chi connectivity index (χ0) is 13.7. The second-order valence-electron chi connectivity index (χ2n) is 5.49. The van der Waals surface area contributed by atoms with Crippen molar-refractivity contribution in [2.45, 2.75) is 32.2 Å². The average molecular weight is 262 g/mol. The summed E-state index contributed by atoms with van der Waals surface area (Å²) in [6.45, 7) is 5.22. The van der Waals surface area contributed by atoms with Crippen LogP contribution in [0.3, 0.4) is 0 Å². The number of aryl methyl sites for hydroxylation is 1. The normalized spacial score (nSPS) is 18.2. The minimum atomic E-state index is 0.456. The third-order valence-electron chi connectivity index (χ3n) is 3.71. The van der Waals surface area contributed by atoms with Crippen molar-refractivity contribution in [1.29, 1.82) is 0 Å². The van der Waals surface area contributed by atoms with Gasteiger partial charge in [0.2, 0.25) is 0 Å². The quantitative estimate of drug-likeness (QED) is 0.798. The summed E-state index contributed by atoms with van der Waals surface area (Å²) in [5.74, 6) is 1.13. The van der Waals surface area contributed by atoms with Gasteiger partial charge in [-0.2, -0.15) is 0 Å². The molecule has 1 aliphatic heterocycles. The predicted octanol–water partition coefficient (Wildman–Crippen LogP) is 2.61. The van der Waals surface area contributed by atoms with Gasteiger partial charge in [0.15, 0.2) is 0 Å². The smallest absolute Gasteiger partial charge is 0.127 e. The fourth-order valence-electron chi connectivity index (χ4n) is 2.65. The Kier molecular flexibility index (Phi) is 5.23. The van der Waals surface area contributed by atoms with E-state index in [0.29, 0.717) is 6.04 Å². The molecule has 1 unspecified atom stereocenters. The van der Waals surface area contributed by atoms with E-state index in [9.17, 15) is 0 Å². The number of rotatable bonds is 6. The molecule has 1 aromatic carbocycles. The lowest BCUT2D eigenvalue weighted by Gasteiger charge is -2.28. The van der Waals surface area contributed by atoms with Crippen molar-refractivity contribution < 1.29 is 4.74 Å². The van der Waals surface area contributed by atoms with Crippen molar-refractivity contribution in [2.24, 2.45) is 0 Å². The van der Waals surface area contributed by atoms with Crippen molar-refractivity contribution in [3.05, 3.63) is 29.3 Å². The monoisotopic (exact) mass is 262 g/mol. The van der Waals surface area contributed by atoms with Crippen LogP contribution in [0.5, 0.6) is 5.75 Å². The van der Waals surface area contributed by atoms with Gasteiger partial charge < -0.3 is 15.0 Å².